The Bertz CT molecular complexity index is 866. The van der Waals surface area contributed by atoms with Gasteiger partial charge in [0.05, 0.1) is 29.1 Å². The van der Waals surface area contributed by atoms with Gasteiger partial charge >= 0.3 is 24.0 Å². The fraction of sp³-hybridized carbons (Fsp3) is 0.167. The number of hydrogen-bond acceptors (Lipinski definition) is 4. The Balaban J connectivity index is 2.17. The van der Waals surface area contributed by atoms with Crippen molar-refractivity contribution in [2.75, 3.05) is 17.2 Å². The second-order valence-corrected chi connectivity index (χ2v) is 5.22. The number of benzene rings is 2. The fourth-order valence-electron chi connectivity index (χ4n) is 2.18. The van der Waals surface area contributed by atoms with E-state index in [9.17, 15) is 27.6 Å². The smallest absolute Gasteiger partial charge is 0.418 e. The number of alkyl halides is 3. The van der Waals surface area contributed by atoms with E-state index in [-0.39, 0.29) is 17.9 Å². The summed E-state index contributed by atoms with van der Waals surface area (Å²) < 4.78 is 43.7. The van der Waals surface area contributed by atoms with Crippen molar-refractivity contribution in [1.29, 1.82) is 0 Å². The van der Waals surface area contributed by atoms with Gasteiger partial charge in [-0.15, -0.1) is 0 Å². The summed E-state index contributed by atoms with van der Waals surface area (Å²) in [6.45, 7) is 1.71. The normalized spacial score (nSPS) is 10.8. The van der Waals surface area contributed by atoms with Gasteiger partial charge in [0, 0.05) is 0 Å². The predicted molar refractivity (Wildman–Crippen MR) is 91.1 cm³/mol. The van der Waals surface area contributed by atoms with Crippen molar-refractivity contribution in [1.82, 2.24) is 0 Å². The summed E-state index contributed by atoms with van der Waals surface area (Å²) in [5, 5.41) is 4.12. The van der Waals surface area contributed by atoms with Crippen LogP contribution in [0.1, 0.15) is 22.8 Å². The number of carbonyl (C=O) groups is 3. The molecular weight excluding hydrogens is 365 g/mol. The number of rotatable bonds is 4. The van der Waals surface area contributed by atoms with Crippen molar-refractivity contribution < 1.29 is 32.3 Å². The van der Waals surface area contributed by atoms with E-state index in [1.54, 1.807) is 6.92 Å². The van der Waals surface area contributed by atoms with Crippen LogP contribution in [-0.4, -0.2) is 24.4 Å². The Morgan fingerprint density at radius 2 is 1.41 bits per heavy atom. The first kappa shape index (κ1) is 20.0. The van der Waals surface area contributed by atoms with Gasteiger partial charge in [0.25, 0.3) is 0 Å². The molecule has 0 aliphatic heterocycles. The van der Waals surface area contributed by atoms with Gasteiger partial charge in [0.1, 0.15) is 0 Å². The molecule has 0 aliphatic carbocycles. The first-order valence-corrected chi connectivity index (χ1v) is 7.78. The first-order valence-electron chi connectivity index (χ1n) is 7.78. The van der Waals surface area contributed by atoms with Crippen LogP contribution in [0.15, 0.2) is 48.5 Å². The lowest BCUT2D eigenvalue weighted by Crippen LogP contribution is -2.30. The highest BCUT2D eigenvalue weighted by Crippen LogP contribution is 2.34. The summed E-state index contributed by atoms with van der Waals surface area (Å²) in [6.07, 6.45) is -4.70. The highest BCUT2D eigenvalue weighted by molar-refractivity contribution is 6.44. The molecule has 0 aromatic heterocycles. The molecule has 0 radical (unpaired) electrons. The maximum atomic E-state index is 13.0. The topological polar surface area (TPSA) is 84.5 Å². The summed E-state index contributed by atoms with van der Waals surface area (Å²) >= 11 is 0. The van der Waals surface area contributed by atoms with Crippen LogP contribution in [0, 0.1) is 0 Å². The van der Waals surface area contributed by atoms with Crippen molar-refractivity contribution in [3.05, 3.63) is 59.7 Å². The molecule has 0 unspecified atom stereocenters. The molecule has 6 nitrogen and oxygen atoms in total. The molecule has 142 valence electrons. The minimum absolute atomic E-state index is 0.000191. The van der Waals surface area contributed by atoms with E-state index in [4.69, 9.17) is 4.74 Å². The molecule has 0 spiro atoms. The molecule has 0 heterocycles. The maximum absolute atomic E-state index is 13.0. The van der Waals surface area contributed by atoms with Gasteiger partial charge in [-0.2, -0.15) is 13.2 Å². The third-order valence-corrected chi connectivity index (χ3v) is 3.36. The van der Waals surface area contributed by atoms with Crippen LogP contribution >= 0.6 is 0 Å². The summed E-state index contributed by atoms with van der Waals surface area (Å²) in [6, 6.07) is 10.0. The minimum Gasteiger partial charge on any atom is -0.462 e. The molecule has 0 saturated carbocycles. The number of hydrogen-bond donors (Lipinski definition) is 2. The summed E-state index contributed by atoms with van der Waals surface area (Å²) in [5.74, 6) is -3.26. The van der Waals surface area contributed by atoms with Gasteiger partial charge in [-0.3, -0.25) is 9.59 Å². The van der Waals surface area contributed by atoms with E-state index in [0.717, 1.165) is 18.2 Å². The molecule has 27 heavy (non-hydrogen) atoms. The zero-order chi connectivity index (χ0) is 20.0. The van der Waals surface area contributed by atoms with E-state index in [1.165, 1.54) is 30.3 Å². The Morgan fingerprint density at radius 3 is 2.00 bits per heavy atom. The largest absolute Gasteiger partial charge is 0.462 e. The minimum atomic E-state index is -4.70. The van der Waals surface area contributed by atoms with Crippen LogP contribution in [0.3, 0.4) is 0 Å². The van der Waals surface area contributed by atoms with Gasteiger partial charge < -0.3 is 15.4 Å². The number of para-hydroxylation sites is 2. The highest BCUT2D eigenvalue weighted by Gasteiger charge is 2.34. The van der Waals surface area contributed by atoms with E-state index in [1.807, 2.05) is 5.32 Å². The van der Waals surface area contributed by atoms with Gasteiger partial charge in [-0.1, -0.05) is 24.3 Å². The molecule has 9 heteroatoms. The molecular formula is C18H15F3N2O4. The number of halogens is 3. The third-order valence-electron chi connectivity index (χ3n) is 3.36. The molecule has 0 fully saturated rings. The van der Waals surface area contributed by atoms with Gasteiger partial charge in [-0.25, -0.2) is 4.79 Å². The number of carbonyl (C=O) groups excluding carboxylic acids is 3. The lowest BCUT2D eigenvalue weighted by Gasteiger charge is -2.14. The van der Waals surface area contributed by atoms with Gasteiger partial charge in [-0.05, 0) is 31.2 Å². The number of nitrogens with one attached hydrogen (secondary N) is 2. The lowest BCUT2D eigenvalue weighted by molar-refractivity contribution is -0.137. The monoisotopic (exact) mass is 380 g/mol. The zero-order valence-corrected chi connectivity index (χ0v) is 14.1. The van der Waals surface area contributed by atoms with E-state index < -0.39 is 35.2 Å². The Kier molecular flexibility index (Phi) is 6.17. The predicted octanol–water partition coefficient (Wildman–Crippen LogP) is 3.46. The van der Waals surface area contributed by atoms with Crippen LogP contribution in [0.4, 0.5) is 24.5 Å². The summed E-state index contributed by atoms with van der Waals surface area (Å²) in [7, 11) is 0. The fourth-order valence-corrected chi connectivity index (χ4v) is 2.18. The van der Waals surface area contributed by atoms with Gasteiger partial charge in [0.15, 0.2) is 0 Å². The molecule has 2 N–H and O–H groups in total. The van der Waals surface area contributed by atoms with Crippen LogP contribution in [0.5, 0.6) is 0 Å². The van der Waals surface area contributed by atoms with Crippen molar-refractivity contribution >= 4 is 29.2 Å². The van der Waals surface area contributed by atoms with Crippen LogP contribution in [0.25, 0.3) is 0 Å². The van der Waals surface area contributed by atoms with Gasteiger partial charge in [0.2, 0.25) is 0 Å². The van der Waals surface area contributed by atoms with Crippen molar-refractivity contribution in [3.63, 3.8) is 0 Å². The number of anilines is 2. The van der Waals surface area contributed by atoms with E-state index in [2.05, 4.69) is 5.32 Å². The average Bonchev–Trinajstić information content (AvgIpc) is 2.61. The third kappa shape index (κ3) is 5.06. The van der Waals surface area contributed by atoms with Crippen molar-refractivity contribution in [2.24, 2.45) is 0 Å². The molecule has 2 aromatic rings. The number of amides is 2. The number of ether oxygens (including phenoxy) is 1. The Labute approximate surface area is 152 Å². The number of esters is 1. The van der Waals surface area contributed by atoms with Crippen molar-refractivity contribution in [3.8, 4) is 0 Å². The van der Waals surface area contributed by atoms with Crippen LogP contribution in [-0.2, 0) is 20.5 Å². The highest BCUT2D eigenvalue weighted by atomic mass is 19.4. The van der Waals surface area contributed by atoms with Crippen molar-refractivity contribution in [2.45, 2.75) is 13.1 Å². The average molecular weight is 380 g/mol. The quantitative estimate of drug-likeness (QED) is 0.629. The zero-order valence-electron chi connectivity index (χ0n) is 14.1. The van der Waals surface area contributed by atoms with Crippen LogP contribution in [0.2, 0.25) is 0 Å². The maximum Gasteiger partial charge on any atom is 0.418 e. The standard InChI is InChI=1S/C18H15F3N2O4/c1-2-27-17(26)11-7-3-5-9-13(11)22-15(24)16(25)23-14-10-6-4-8-12(14)18(19,20)21/h3-10H,2H2,1H3,(H,22,24)(H,23,25). The second kappa shape index (κ2) is 8.35. The molecule has 2 amide bonds. The molecule has 0 bridgehead atoms. The Morgan fingerprint density at radius 1 is 0.889 bits per heavy atom. The molecule has 0 aliphatic rings. The van der Waals surface area contributed by atoms with Crippen LogP contribution < -0.4 is 10.6 Å². The summed E-state index contributed by atoms with van der Waals surface area (Å²) in [4.78, 5) is 35.9. The first-order chi connectivity index (χ1) is 12.7. The Hall–Kier alpha value is -3.36. The van der Waals surface area contributed by atoms with E-state index >= 15 is 0 Å². The molecule has 0 saturated heterocycles. The van der Waals surface area contributed by atoms with E-state index in [0.29, 0.717) is 0 Å². The summed E-state index contributed by atoms with van der Waals surface area (Å²) in [5.41, 5.74) is -1.63. The second-order valence-electron chi connectivity index (χ2n) is 5.22. The molecule has 2 rings (SSSR count). The SMILES string of the molecule is CCOC(=O)c1ccccc1NC(=O)C(=O)Nc1ccccc1C(F)(F)F. The lowest BCUT2D eigenvalue weighted by atomic mass is 10.1. The molecule has 2 aromatic carbocycles. The molecule has 0 atom stereocenters.